The molecule has 3 unspecified atom stereocenters. The van der Waals surface area contributed by atoms with E-state index in [0.717, 1.165) is 36.0 Å². The fraction of sp³-hybridized carbons (Fsp3) is 0.625. The fourth-order valence-electron chi connectivity index (χ4n) is 2.72. The first-order chi connectivity index (χ1) is 9.65. The number of benzene rings is 1. The molecule has 1 aromatic carbocycles. The standard InChI is InChI=1S/C16H24BrNO2/c1-4-9-18-16(15-7-5-11(2)20-15)12-6-8-14(19-3)13(17)10-12/h6,8,10-11,15-16,18H,4-5,7,9H2,1-3H3. The van der Waals surface area contributed by atoms with Crippen LogP contribution in [0.3, 0.4) is 0 Å². The molecule has 1 heterocycles. The van der Waals surface area contributed by atoms with Crippen LogP contribution < -0.4 is 10.1 Å². The van der Waals surface area contributed by atoms with E-state index >= 15 is 0 Å². The maximum Gasteiger partial charge on any atom is 0.133 e. The zero-order valence-corrected chi connectivity index (χ0v) is 14.1. The van der Waals surface area contributed by atoms with Gasteiger partial charge in [-0.2, -0.15) is 0 Å². The molecule has 112 valence electrons. The summed E-state index contributed by atoms with van der Waals surface area (Å²) in [5, 5.41) is 3.63. The molecule has 1 saturated heterocycles. The molecule has 1 aliphatic heterocycles. The zero-order chi connectivity index (χ0) is 14.5. The van der Waals surface area contributed by atoms with Crippen LogP contribution in [0.1, 0.15) is 44.7 Å². The van der Waals surface area contributed by atoms with Crippen LogP contribution in [-0.2, 0) is 4.74 Å². The molecule has 0 bridgehead atoms. The van der Waals surface area contributed by atoms with Crippen molar-refractivity contribution in [1.82, 2.24) is 5.32 Å². The lowest BCUT2D eigenvalue weighted by atomic mass is 9.99. The van der Waals surface area contributed by atoms with Gasteiger partial charge in [-0.3, -0.25) is 0 Å². The van der Waals surface area contributed by atoms with Gasteiger partial charge in [-0.05, 0) is 66.4 Å². The maximum atomic E-state index is 6.06. The molecule has 1 aromatic rings. The quantitative estimate of drug-likeness (QED) is 0.846. The maximum absolute atomic E-state index is 6.06. The molecule has 0 radical (unpaired) electrons. The van der Waals surface area contributed by atoms with Crippen molar-refractivity contribution < 1.29 is 9.47 Å². The zero-order valence-electron chi connectivity index (χ0n) is 12.5. The average Bonchev–Trinajstić information content (AvgIpc) is 2.86. The van der Waals surface area contributed by atoms with Gasteiger partial charge in [0, 0.05) is 0 Å². The van der Waals surface area contributed by atoms with Gasteiger partial charge in [0.25, 0.3) is 0 Å². The van der Waals surface area contributed by atoms with Gasteiger partial charge >= 0.3 is 0 Å². The third kappa shape index (κ3) is 3.74. The van der Waals surface area contributed by atoms with Crippen LogP contribution in [0.4, 0.5) is 0 Å². The van der Waals surface area contributed by atoms with Crippen molar-refractivity contribution >= 4 is 15.9 Å². The van der Waals surface area contributed by atoms with Crippen molar-refractivity contribution in [2.24, 2.45) is 0 Å². The first kappa shape index (κ1) is 15.8. The third-order valence-electron chi connectivity index (χ3n) is 3.79. The molecule has 3 atom stereocenters. The molecule has 1 aliphatic rings. The van der Waals surface area contributed by atoms with E-state index in [0.29, 0.717) is 6.10 Å². The van der Waals surface area contributed by atoms with Crippen molar-refractivity contribution in [1.29, 1.82) is 0 Å². The number of ether oxygens (including phenoxy) is 2. The second kappa shape index (κ2) is 7.43. The predicted molar refractivity (Wildman–Crippen MR) is 85.3 cm³/mol. The lowest BCUT2D eigenvalue weighted by molar-refractivity contribution is 0.0316. The summed E-state index contributed by atoms with van der Waals surface area (Å²) in [4.78, 5) is 0. The highest BCUT2D eigenvalue weighted by Crippen LogP contribution is 2.34. The van der Waals surface area contributed by atoms with E-state index in [1.165, 1.54) is 5.56 Å². The Morgan fingerprint density at radius 2 is 2.25 bits per heavy atom. The number of hydrogen-bond acceptors (Lipinski definition) is 3. The summed E-state index contributed by atoms with van der Waals surface area (Å²) < 4.78 is 12.4. The van der Waals surface area contributed by atoms with Crippen LogP contribution in [0, 0.1) is 0 Å². The number of nitrogens with one attached hydrogen (secondary N) is 1. The normalized spacial score (nSPS) is 23.8. The van der Waals surface area contributed by atoms with Gasteiger partial charge in [0.15, 0.2) is 0 Å². The van der Waals surface area contributed by atoms with E-state index < -0.39 is 0 Å². The van der Waals surface area contributed by atoms with E-state index in [4.69, 9.17) is 9.47 Å². The third-order valence-corrected chi connectivity index (χ3v) is 4.41. The van der Waals surface area contributed by atoms with Crippen LogP contribution in [0.15, 0.2) is 22.7 Å². The highest BCUT2D eigenvalue weighted by molar-refractivity contribution is 9.10. The molecular formula is C16H24BrNO2. The van der Waals surface area contributed by atoms with Crippen molar-refractivity contribution in [3.63, 3.8) is 0 Å². The highest BCUT2D eigenvalue weighted by Gasteiger charge is 2.30. The summed E-state index contributed by atoms with van der Waals surface area (Å²) in [6.45, 7) is 5.34. The molecule has 20 heavy (non-hydrogen) atoms. The van der Waals surface area contributed by atoms with Crippen molar-refractivity contribution in [3.8, 4) is 5.75 Å². The SMILES string of the molecule is CCCNC(c1ccc(OC)c(Br)c1)C1CCC(C)O1. The molecule has 1 N–H and O–H groups in total. The lowest BCUT2D eigenvalue weighted by Gasteiger charge is -2.26. The molecule has 3 nitrogen and oxygen atoms in total. The van der Waals surface area contributed by atoms with Gasteiger partial charge in [0.1, 0.15) is 5.75 Å². The monoisotopic (exact) mass is 341 g/mol. The Kier molecular flexibility index (Phi) is 5.87. The number of methoxy groups -OCH3 is 1. The van der Waals surface area contributed by atoms with E-state index in [-0.39, 0.29) is 12.1 Å². The Morgan fingerprint density at radius 1 is 1.45 bits per heavy atom. The van der Waals surface area contributed by atoms with E-state index in [1.54, 1.807) is 7.11 Å². The fourth-order valence-corrected chi connectivity index (χ4v) is 3.28. The first-order valence-corrected chi connectivity index (χ1v) is 8.17. The first-order valence-electron chi connectivity index (χ1n) is 7.38. The Labute approximate surface area is 130 Å². The van der Waals surface area contributed by atoms with Gasteiger partial charge in [-0.15, -0.1) is 0 Å². The summed E-state index contributed by atoms with van der Waals surface area (Å²) in [6, 6.07) is 6.53. The smallest absolute Gasteiger partial charge is 0.133 e. The second-order valence-corrected chi connectivity index (χ2v) is 6.24. The van der Waals surface area contributed by atoms with E-state index in [2.05, 4.69) is 47.2 Å². The molecule has 1 fully saturated rings. The van der Waals surface area contributed by atoms with Crippen LogP contribution >= 0.6 is 15.9 Å². The highest BCUT2D eigenvalue weighted by atomic mass is 79.9. The van der Waals surface area contributed by atoms with Crippen LogP contribution in [-0.4, -0.2) is 25.9 Å². The average molecular weight is 342 g/mol. The second-order valence-electron chi connectivity index (χ2n) is 5.39. The summed E-state index contributed by atoms with van der Waals surface area (Å²) in [6.07, 6.45) is 4.01. The molecule has 0 saturated carbocycles. The summed E-state index contributed by atoms with van der Waals surface area (Å²) in [5.41, 5.74) is 1.25. The lowest BCUT2D eigenvalue weighted by Crippen LogP contribution is -2.32. The topological polar surface area (TPSA) is 30.5 Å². The molecule has 4 heteroatoms. The molecule has 0 aromatic heterocycles. The summed E-state index contributed by atoms with van der Waals surface area (Å²) in [7, 11) is 1.69. The van der Waals surface area contributed by atoms with Gasteiger partial charge in [-0.1, -0.05) is 13.0 Å². The molecule has 0 aliphatic carbocycles. The Bertz CT molecular complexity index is 438. The van der Waals surface area contributed by atoms with E-state index in [1.807, 2.05) is 6.07 Å². The van der Waals surface area contributed by atoms with Gasteiger partial charge in [0.2, 0.25) is 0 Å². The van der Waals surface area contributed by atoms with E-state index in [9.17, 15) is 0 Å². The molecule has 0 amide bonds. The van der Waals surface area contributed by atoms with Crippen LogP contribution in [0.2, 0.25) is 0 Å². The number of hydrogen-bond donors (Lipinski definition) is 1. The van der Waals surface area contributed by atoms with Crippen LogP contribution in [0.25, 0.3) is 0 Å². The predicted octanol–water partition coefficient (Wildman–Crippen LogP) is 4.07. The van der Waals surface area contributed by atoms with Crippen LogP contribution in [0.5, 0.6) is 5.75 Å². The van der Waals surface area contributed by atoms with Gasteiger partial charge in [0.05, 0.1) is 29.8 Å². The number of halogens is 1. The van der Waals surface area contributed by atoms with Crippen molar-refractivity contribution in [2.75, 3.05) is 13.7 Å². The molecular weight excluding hydrogens is 318 g/mol. The summed E-state index contributed by atoms with van der Waals surface area (Å²) in [5.74, 6) is 0.865. The summed E-state index contributed by atoms with van der Waals surface area (Å²) >= 11 is 3.57. The minimum atomic E-state index is 0.252. The van der Waals surface area contributed by atoms with Gasteiger partial charge < -0.3 is 14.8 Å². The largest absolute Gasteiger partial charge is 0.496 e. The molecule has 2 rings (SSSR count). The Balaban J connectivity index is 2.19. The minimum Gasteiger partial charge on any atom is -0.496 e. The Hall–Kier alpha value is -0.580. The van der Waals surface area contributed by atoms with Gasteiger partial charge in [-0.25, -0.2) is 0 Å². The van der Waals surface area contributed by atoms with Crippen molar-refractivity contribution in [2.45, 2.75) is 51.4 Å². The number of rotatable bonds is 6. The van der Waals surface area contributed by atoms with Crippen molar-refractivity contribution in [3.05, 3.63) is 28.2 Å². The minimum absolute atomic E-state index is 0.252. The Morgan fingerprint density at radius 3 is 2.80 bits per heavy atom. The molecule has 0 spiro atoms.